The minimum atomic E-state index is 0. The summed E-state index contributed by atoms with van der Waals surface area (Å²) < 4.78 is 0. The Morgan fingerprint density at radius 3 is 0.750 bits per heavy atom. The van der Waals surface area contributed by atoms with Gasteiger partial charge in [0.1, 0.15) is 0 Å². The van der Waals surface area contributed by atoms with Crippen molar-refractivity contribution in [3.63, 3.8) is 0 Å². The van der Waals surface area contributed by atoms with Crippen LogP contribution in [0.4, 0.5) is 0 Å². The third-order valence-corrected chi connectivity index (χ3v) is 0. The maximum absolute atomic E-state index is 0. The molecular formula is AlCrNi2. The molecule has 0 aromatic heterocycles. The Kier molecular flexibility index (Phi) is 181. The van der Waals surface area contributed by atoms with Crippen molar-refractivity contribution in [1.82, 2.24) is 0 Å². The molecule has 0 bridgehead atoms. The first kappa shape index (κ1) is 36.7. The molecule has 0 rings (SSSR count). The molecule has 0 aromatic rings. The molecule has 0 saturated heterocycles. The fourth-order valence-corrected chi connectivity index (χ4v) is 0. The predicted octanol–water partition coefficient (Wildman–Crippen LogP) is -0.388. The summed E-state index contributed by atoms with van der Waals surface area (Å²) in [5, 5.41) is 0. The SMILES string of the molecule is [Al].[Cr].[Ni].[Ni]. The molecule has 29 valence electrons. The molecular weight excluding hydrogens is 196 g/mol. The maximum Gasteiger partial charge on any atom is 0 e. The number of hydrogen-bond acceptors (Lipinski definition) is 0. The van der Waals surface area contributed by atoms with Gasteiger partial charge < -0.3 is 0 Å². The molecule has 0 nitrogen and oxygen atoms in total. The molecule has 0 fully saturated rings. The second kappa shape index (κ2) is 19.7. The number of rotatable bonds is 0. The average Bonchev–Trinajstić information content (AvgIpc) is 0. The van der Waals surface area contributed by atoms with E-state index in [0.717, 1.165) is 0 Å². The summed E-state index contributed by atoms with van der Waals surface area (Å²) in [7, 11) is 0. The predicted molar refractivity (Wildman–Crippen MR) is 5.75 cm³/mol. The first-order valence-electron chi connectivity index (χ1n) is 0. The van der Waals surface area contributed by atoms with Crippen LogP contribution in [0.25, 0.3) is 0 Å². The first-order chi connectivity index (χ1) is 0. The van der Waals surface area contributed by atoms with Gasteiger partial charge in [-0.1, -0.05) is 0 Å². The van der Waals surface area contributed by atoms with E-state index in [9.17, 15) is 0 Å². The molecule has 0 amide bonds. The Hall–Kier alpha value is 2.05. The fraction of sp³-hybridized carbons (Fsp3) is 0. The van der Waals surface area contributed by atoms with Gasteiger partial charge in [0, 0.05) is 67.7 Å². The van der Waals surface area contributed by atoms with Gasteiger partial charge in [-0.3, -0.25) is 0 Å². The van der Waals surface area contributed by atoms with E-state index < -0.39 is 0 Å². The van der Waals surface area contributed by atoms with E-state index in [1.165, 1.54) is 0 Å². The Labute approximate surface area is 67.2 Å². The standard InChI is InChI=1S/Al.Cr.2Ni. The zero-order valence-electron chi connectivity index (χ0n) is 1.62. The van der Waals surface area contributed by atoms with Crippen molar-refractivity contribution in [3.8, 4) is 0 Å². The second-order valence-corrected chi connectivity index (χ2v) is 0. The molecule has 0 heterocycles. The molecule has 0 aliphatic carbocycles. The minimum Gasteiger partial charge on any atom is 0 e. The van der Waals surface area contributed by atoms with Gasteiger partial charge in [0.05, 0.1) is 0 Å². The third-order valence-electron chi connectivity index (χ3n) is 0. The third kappa shape index (κ3) is 8.96. The zero-order valence-corrected chi connectivity index (χ0v) is 6.02. The minimum absolute atomic E-state index is 0. The normalized spacial score (nSPS) is 0. The van der Waals surface area contributed by atoms with E-state index in [1.807, 2.05) is 0 Å². The van der Waals surface area contributed by atoms with Gasteiger partial charge >= 0.3 is 0 Å². The second-order valence-electron chi connectivity index (χ2n) is 0. The van der Waals surface area contributed by atoms with Crippen molar-refractivity contribution in [3.05, 3.63) is 0 Å². The Bertz CT molecular complexity index is 6.00. The molecule has 4 heteroatoms. The summed E-state index contributed by atoms with van der Waals surface area (Å²) in [6, 6.07) is 0. The molecule has 0 saturated carbocycles. The summed E-state index contributed by atoms with van der Waals surface area (Å²) in [6.45, 7) is 0. The van der Waals surface area contributed by atoms with Crippen molar-refractivity contribution in [2.75, 3.05) is 0 Å². The van der Waals surface area contributed by atoms with Crippen LogP contribution in [0.2, 0.25) is 0 Å². The van der Waals surface area contributed by atoms with Gasteiger partial charge in [-0.05, 0) is 0 Å². The van der Waals surface area contributed by atoms with Gasteiger partial charge in [-0.15, -0.1) is 0 Å². The van der Waals surface area contributed by atoms with Crippen LogP contribution in [0.3, 0.4) is 0 Å². The van der Waals surface area contributed by atoms with Crippen LogP contribution in [0, 0.1) is 0 Å². The Balaban J connectivity index is 0. The van der Waals surface area contributed by atoms with Crippen molar-refractivity contribution in [2.24, 2.45) is 0 Å². The van der Waals surface area contributed by atoms with Crippen LogP contribution < -0.4 is 0 Å². The fourth-order valence-electron chi connectivity index (χ4n) is 0. The van der Waals surface area contributed by atoms with Crippen LogP contribution >= 0.6 is 0 Å². The molecule has 0 unspecified atom stereocenters. The van der Waals surface area contributed by atoms with Crippen molar-refractivity contribution in [2.45, 2.75) is 0 Å². The Morgan fingerprint density at radius 1 is 0.750 bits per heavy atom. The molecule has 0 aromatic carbocycles. The summed E-state index contributed by atoms with van der Waals surface area (Å²) in [4.78, 5) is 0. The van der Waals surface area contributed by atoms with E-state index in [-0.39, 0.29) is 67.7 Å². The summed E-state index contributed by atoms with van der Waals surface area (Å²) in [5.41, 5.74) is 0. The molecule has 0 spiro atoms. The van der Waals surface area contributed by atoms with Crippen LogP contribution in [0.15, 0.2) is 0 Å². The van der Waals surface area contributed by atoms with E-state index in [1.54, 1.807) is 0 Å². The van der Waals surface area contributed by atoms with Gasteiger partial charge in [0.2, 0.25) is 0 Å². The van der Waals surface area contributed by atoms with Gasteiger partial charge in [0.15, 0.2) is 0 Å². The van der Waals surface area contributed by atoms with Crippen LogP contribution in [0.5, 0.6) is 0 Å². The zero-order chi connectivity index (χ0) is 0. The maximum atomic E-state index is 0. The summed E-state index contributed by atoms with van der Waals surface area (Å²) >= 11 is 0. The molecule has 4 heavy (non-hydrogen) atoms. The van der Waals surface area contributed by atoms with Crippen LogP contribution in [0.1, 0.15) is 0 Å². The monoisotopic (exact) mass is 195 g/mol. The molecule has 0 aliphatic rings. The topological polar surface area (TPSA) is 0 Å². The quantitative estimate of drug-likeness (QED) is 0.463. The van der Waals surface area contributed by atoms with Crippen molar-refractivity contribution in [1.29, 1.82) is 0 Å². The largest absolute Gasteiger partial charge is 0 e. The molecule has 0 N–H and O–H groups in total. The average molecular weight is 196 g/mol. The first-order valence-corrected chi connectivity index (χ1v) is 0. The smallest absolute Gasteiger partial charge is 0 e. The van der Waals surface area contributed by atoms with Gasteiger partial charge in [0.25, 0.3) is 0 Å². The van der Waals surface area contributed by atoms with E-state index >= 15 is 0 Å². The van der Waals surface area contributed by atoms with Crippen molar-refractivity contribution < 1.29 is 50.3 Å². The van der Waals surface area contributed by atoms with E-state index in [0.29, 0.717) is 0 Å². The summed E-state index contributed by atoms with van der Waals surface area (Å²) in [6.07, 6.45) is 0. The van der Waals surface area contributed by atoms with Crippen LogP contribution in [-0.2, 0) is 50.3 Å². The van der Waals surface area contributed by atoms with E-state index in [2.05, 4.69) is 0 Å². The van der Waals surface area contributed by atoms with E-state index in [4.69, 9.17) is 0 Å². The summed E-state index contributed by atoms with van der Waals surface area (Å²) in [5.74, 6) is 0. The molecule has 0 aliphatic heterocycles. The van der Waals surface area contributed by atoms with Gasteiger partial charge in [-0.2, -0.15) is 0 Å². The van der Waals surface area contributed by atoms with Crippen LogP contribution in [-0.4, -0.2) is 17.4 Å². The Morgan fingerprint density at radius 2 is 0.750 bits per heavy atom. The van der Waals surface area contributed by atoms with Crippen molar-refractivity contribution >= 4 is 17.4 Å². The number of hydrogen-bond donors (Lipinski definition) is 0. The molecule has 0 atom stereocenters. The van der Waals surface area contributed by atoms with Gasteiger partial charge in [-0.25, -0.2) is 0 Å². The molecule has 3 radical (unpaired) electrons.